The van der Waals surface area contributed by atoms with E-state index in [1.807, 2.05) is 0 Å². The van der Waals surface area contributed by atoms with Gasteiger partial charge in [-0.05, 0) is 34.7 Å². The maximum atomic E-state index is 6.83. The van der Waals surface area contributed by atoms with Crippen LogP contribution < -0.4 is 10.4 Å². The van der Waals surface area contributed by atoms with Gasteiger partial charge in [0.25, 0.3) is 8.32 Å². The molecule has 39 heavy (non-hydrogen) atoms. The van der Waals surface area contributed by atoms with Crippen molar-refractivity contribution in [1.82, 2.24) is 0 Å². The molecule has 1 atom stereocenters. The Morgan fingerprint density at radius 2 is 1.10 bits per heavy atom. The Morgan fingerprint density at radius 1 is 0.641 bits per heavy atom. The first-order chi connectivity index (χ1) is 19.0. The molecule has 0 spiro atoms. The van der Waals surface area contributed by atoms with Gasteiger partial charge in [0.05, 0.1) is 66.1 Å². The molecule has 7 nitrogen and oxygen atoms in total. The fourth-order valence-electron chi connectivity index (χ4n) is 4.86. The van der Waals surface area contributed by atoms with Crippen LogP contribution >= 0.6 is 0 Å². The smallest absolute Gasteiger partial charge is 0.261 e. The molecule has 0 radical (unpaired) electrons. The number of rotatable bonds is 19. The van der Waals surface area contributed by atoms with Crippen LogP contribution in [-0.2, 0) is 32.8 Å². The lowest BCUT2D eigenvalue weighted by molar-refractivity contribution is -0.169. The van der Waals surface area contributed by atoms with Crippen molar-refractivity contribution in [3.63, 3.8) is 0 Å². The molecule has 0 N–H and O–H groups in total. The topological polar surface area (TPSA) is 64.6 Å². The predicted molar refractivity (Wildman–Crippen MR) is 156 cm³/mol. The predicted octanol–water partition coefficient (Wildman–Crippen LogP) is 4.17. The highest BCUT2D eigenvalue weighted by Gasteiger charge is 2.49. The molecule has 0 aromatic heterocycles. The van der Waals surface area contributed by atoms with Crippen LogP contribution in [0.25, 0.3) is 0 Å². The lowest BCUT2D eigenvalue weighted by Gasteiger charge is -2.43. The van der Waals surface area contributed by atoms with Gasteiger partial charge < -0.3 is 32.8 Å². The van der Waals surface area contributed by atoms with E-state index in [2.05, 4.69) is 81.4 Å². The third kappa shape index (κ3) is 10.7. The largest absolute Gasteiger partial charge is 0.405 e. The molecule has 0 bridgehead atoms. The molecular weight excluding hydrogens is 512 g/mol. The first kappa shape index (κ1) is 31.9. The van der Waals surface area contributed by atoms with E-state index in [0.29, 0.717) is 66.1 Å². The molecule has 3 rings (SSSR count). The van der Waals surface area contributed by atoms with Crippen molar-refractivity contribution in [2.45, 2.75) is 51.4 Å². The molecule has 8 heteroatoms. The Bertz CT molecular complexity index is 830. The molecule has 2 aromatic carbocycles. The Hall–Kier alpha value is -1.62. The average molecular weight is 561 g/mol. The molecule has 1 aliphatic rings. The zero-order valence-corrected chi connectivity index (χ0v) is 25.1. The second-order valence-electron chi connectivity index (χ2n) is 10.6. The third-order valence-corrected chi connectivity index (χ3v) is 11.8. The first-order valence-electron chi connectivity index (χ1n) is 14.3. The molecule has 0 saturated carbocycles. The second-order valence-corrected chi connectivity index (χ2v) is 14.9. The highest BCUT2D eigenvalue weighted by molar-refractivity contribution is 6.99. The Labute approximate surface area is 236 Å². The van der Waals surface area contributed by atoms with Crippen molar-refractivity contribution in [2.24, 2.45) is 0 Å². The van der Waals surface area contributed by atoms with Gasteiger partial charge in [0.1, 0.15) is 0 Å². The van der Waals surface area contributed by atoms with Crippen molar-refractivity contribution in [1.29, 1.82) is 0 Å². The normalized spacial score (nSPS) is 16.4. The zero-order chi connectivity index (χ0) is 27.7. The molecule has 1 heterocycles. The molecule has 1 aliphatic heterocycles. The van der Waals surface area contributed by atoms with Gasteiger partial charge in [0.15, 0.2) is 6.29 Å². The summed E-state index contributed by atoms with van der Waals surface area (Å²) in [4.78, 5) is 0. The molecule has 0 amide bonds. The summed E-state index contributed by atoms with van der Waals surface area (Å²) in [7, 11) is -2.51. The molecular formula is C31H48O7Si. The number of hydrogen-bond donors (Lipinski definition) is 0. The Balaban J connectivity index is 1.24. The minimum absolute atomic E-state index is 0.0401. The van der Waals surface area contributed by atoms with Crippen LogP contribution in [0.15, 0.2) is 60.7 Å². The van der Waals surface area contributed by atoms with Crippen LogP contribution in [0.3, 0.4) is 0 Å². The fraction of sp³-hybridized carbons (Fsp3) is 0.613. The highest BCUT2D eigenvalue weighted by atomic mass is 28.4. The molecule has 0 aliphatic carbocycles. The summed E-state index contributed by atoms with van der Waals surface area (Å²) < 4.78 is 40.5. The minimum Gasteiger partial charge on any atom is -0.405 e. The van der Waals surface area contributed by atoms with Gasteiger partial charge in [-0.2, -0.15) is 0 Å². The van der Waals surface area contributed by atoms with Crippen LogP contribution in [0.4, 0.5) is 0 Å². The molecule has 218 valence electrons. The van der Waals surface area contributed by atoms with Crippen LogP contribution in [-0.4, -0.2) is 87.3 Å². The maximum Gasteiger partial charge on any atom is 0.261 e. The summed E-state index contributed by atoms with van der Waals surface area (Å²) in [5.74, 6) is 0. The van der Waals surface area contributed by atoms with Crippen molar-refractivity contribution in [3.8, 4) is 0 Å². The van der Waals surface area contributed by atoms with Crippen LogP contribution in [0.5, 0.6) is 0 Å². The highest BCUT2D eigenvalue weighted by Crippen LogP contribution is 2.36. The monoisotopic (exact) mass is 560 g/mol. The quantitative estimate of drug-likeness (QED) is 0.189. The number of benzene rings is 2. The van der Waals surface area contributed by atoms with E-state index in [1.54, 1.807) is 0 Å². The molecule has 1 fully saturated rings. The summed E-state index contributed by atoms with van der Waals surface area (Å²) in [5.41, 5.74) is 0. The van der Waals surface area contributed by atoms with Gasteiger partial charge in [-0.3, -0.25) is 0 Å². The molecule has 2 aromatic rings. The first-order valence-corrected chi connectivity index (χ1v) is 16.2. The summed E-state index contributed by atoms with van der Waals surface area (Å²) in [6, 6.07) is 21.3. The summed E-state index contributed by atoms with van der Waals surface area (Å²) in [5, 5.41) is 2.52. The number of ether oxygens (including phenoxy) is 6. The lowest BCUT2D eigenvalue weighted by atomic mass is 10.2. The molecule has 1 saturated heterocycles. The minimum atomic E-state index is -2.51. The van der Waals surface area contributed by atoms with Gasteiger partial charge in [0.2, 0.25) is 0 Å². The zero-order valence-electron chi connectivity index (χ0n) is 24.1. The van der Waals surface area contributed by atoms with E-state index in [9.17, 15) is 0 Å². The fourth-order valence-corrected chi connectivity index (χ4v) is 9.40. The second kappa shape index (κ2) is 17.9. The van der Waals surface area contributed by atoms with Gasteiger partial charge in [0, 0.05) is 6.61 Å². The maximum absolute atomic E-state index is 6.83. The summed E-state index contributed by atoms with van der Waals surface area (Å²) in [6.07, 6.45) is 3.22. The van der Waals surface area contributed by atoms with E-state index in [1.165, 1.54) is 16.8 Å². The lowest BCUT2D eigenvalue weighted by Crippen LogP contribution is -2.66. The average Bonchev–Trinajstić information content (AvgIpc) is 2.95. The van der Waals surface area contributed by atoms with Crippen LogP contribution in [0, 0.1) is 0 Å². The van der Waals surface area contributed by atoms with Crippen molar-refractivity contribution >= 4 is 18.7 Å². The van der Waals surface area contributed by atoms with E-state index < -0.39 is 8.32 Å². The van der Waals surface area contributed by atoms with E-state index >= 15 is 0 Å². The standard InChI is InChI=1S/C31H48O7Si/c1-31(2,3)39(28-12-6-4-7-13-28,29-14-8-5-9-15-29)38-27-25-35-23-21-33-19-18-32-20-22-34-24-26-37-30-16-10-11-17-36-30/h4-9,12-15,30H,10-11,16-27H2,1-3H3. The van der Waals surface area contributed by atoms with E-state index in [0.717, 1.165) is 19.4 Å². The van der Waals surface area contributed by atoms with Crippen LogP contribution in [0.2, 0.25) is 5.04 Å². The Kier molecular flexibility index (Phi) is 14.7. The van der Waals surface area contributed by atoms with Crippen molar-refractivity contribution in [3.05, 3.63) is 60.7 Å². The van der Waals surface area contributed by atoms with Crippen molar-refractivity contribution in [2.75, 3.05) is 72.7 Å². The van der Waals surface area contributed by atoms with Gasteiger partial charge in [-0.1, -0.05) is 81.4 Å². The Morgan fingerprint density at radius 3 is 1.54 bits per heavy atom. The molecule has 1 unspecified atom stereocenters. The number of hydrogen-bond acceptors (Lipinski definition) is 7. The van der Waals surface area contributed by atoms with Crippen LogP contribution in [0.1, 0.15) is 40.0 Å². The summed E-state index contributed by atoms with van der Waals surface area (Å²) >= 11 is 0. The third-order valence-electron chi connectivity index (χ3n) is 6.75. The van der Waals surface area contributed by atoms with Gasteiger partial charge in [-0.15, -0.1) is 0 Å². The van der Waals surface area contributed by atoms with Crippen molar-refractivity contribution < 1.29 is 32.8 Å². The van der Waals surface area contributed by atoms with Gasteiger partial charge in [-0.25, -0.2) is 0 Å². The van der Waals surface area contributed by atoms with Gasteiger partial charge >= 0.3 is 0 Å². The van der Waals surface area contributed by atoms with E-state index in [-0.39, 0.29) is 11.3 Å². The summed E-state index contributed by atoms with van der Waals surface area (Å²) in [6.45, 7) is 13.0. The van der Waals surface area contributed by atoms with E-state index in [4.69, 9.17) is 32.8 Å². The SMILES string of the molecule is CC(C)(C)[Si](OCCOCCOCCOCCOCCOC1CCCCO1)(c1ccccc1)c1ccccc1.